The van der Waals surface area contributed by atoms with Crippen molar-refractivity contribution in [1.29, 1.82) is 0 Å². The Morgan fingerprint density at radius 3 is 2.12 bits per heavy atom. The zero-order valence-corrected chi connectivity index (χ0v) is 18.5. The van der Waals surface area contributed by atoms with Crippen molar-refractivity contribution in [2.24, 2.45) is 11.7 Å². The first-order chi connectivity index (χ1) is 12.4. The highest BCUT2D eigenvalue weighted by atomic mass is 19.1. The minimum absolute atomic E-state index is 0.110. The summed E-state index contributed by atoms with van der Waals surface area (Å²) in [6, 6.07) is 0.630. The van der Waals surface area contributed by atoms with Crippen LogP contribution in [0.3, 0.4) is 0 Å². The van der Waals surface area contributed by atoms with Crippen LogP contribution in [0, 0.1) is 5.92 Å². The zero-order valence-electron chi connectivity index (χ0n) is 18.5. The second-order valence-corrected chi connectivity index (χ2v) is 6.53. The number of hydrogen-bond donors (Lipinski definition) is 1. The standard InChI is InChI=1S/C10H17N.C8H12FN.C3H8.C2H6/c1-4-11(3)10-7-5-6-9(2)8-10;1-6-2-3-7(5-10)4-8(6)9;1-3-2;1-2/h5-6,8,10H,4,7H2,1-3H3;2,4,7H,3,5,10H2,1H3;3H2,1-2H3;1-2H3. The molecule has 0 aromatic carbocycles. The summed E-state index contributed by atoms with van der Waals surface area (Å²) < 4.78 is 12.8. The molecule has 2 unspecified atom stereocenters. The van der Waals surface area contributed by atoms with E-state index in [1.54, 1.807) is 13.0 Å². The molecule has 0 radical (unpaired) electrons. The lowest BCUT2D eigenvalue weighted by Crippen LogP contribution is -2.30. The van der Waals surface area contributed by atoms with E-state index in [2.05, 4.69) is 57.9 Å². The Bertz CT molecular complexity index is 461. The van der Waals surface area contributed by atoms with Gasteiger partial charge in [-0.15, -0.1) is 0 Å². The summed E-state index contributed by atoms with van der Waals surface area (Å²) in [5.74, 6) is 0.102. The van der Waals surface area contributed by atoms with Crippen LogP contribution in [0.25, 0.3) is 0 Å². The Labute approximate surface area is 162 Å². The van der Waals surface area contributed by atoms with Crippen LogP contribution in [0.5, 0.6) is 0 Å². The van der Waals surface area contributed by atoms with E-state index in [1.165, 1.54) is 18.4 Å². The minimum Gasteiger partial charge on any atom is -0.330 e. The molecular weight excluding hydrogens is 323 g/mol. The first-order valence-electron chi connectivity index (χ1n) is 10.2. The molecule has 2 N–H and O–H groups in total. The predicted molar refractivity (Wildman–Crippen MR) is 117 cm³/mol. The molecule has 0 fully saturated rings. The van der Waals surface area contributed by atoms with Gasteiger partial charge in [0.1, 0.15) is 5.83 Å². The van der Waals surface area contributed by atoms with Gasteiger partial charge in [-0.25, -0.2) is 4.39 Å². The molecule has 152 valence electrons. The van der Waals surface area contributed by atoms with Crippen molar-refractivity contribution in [2.75, 3.05) is 20.1 Å². The van der Waals surface area contributed by atoms with Crippen molar-refractivity contribution in [1.82, 2.24) is 4.90 Å². The topological polar surface area (TPSA) is 29.3 Å². The van der Waals surface area contributed by atoms with Gasteiger partial charge >= 0.3 is 0 Å². The zero-order chi connectivity index (χ0) is 20.5. The van der Waals surface area contributed by atoms with E-state index in [0.717, 1.165) is 18.5 Å². The average molecular weight is 367 g/mol. The Morgan fingerprint density at radius 2 is 1.69 bits per heavy atom. The van der Waals surface area contributed by atoms with Gasteiger partial charge in [-0.1, -0.05) is 70.9 Å². The van der Waals surface area contributed by atoms with Crippen molar-refractivity contribution >= 4 is 0 Å². The van der Waals surface area contributed by atoms with E-state index < -0.39 is 0 Å². The molecule has 0 aromatic heterocycles. The maximum Gasteiger partial charge on any atom is 0.122 e. The highest BCUT2D eigenvalue weighted by molar-refractivity contribution is 5.27. The van der Waals surface area contributed by atoms with Crippen LogP contribution < -0.4 is 5.73 Å². The quantitative estimate of drug-likeness (QED) is 0.624. The molecule has 0 amide bonds. The number of rotatable bonds is 3. The first kappa shape index (κ1) is 27.0. The molecule has 2 rings (SSSR count). The van der Waals surface area contributed by atoms with Gasteiger partial charge < -0.3 is 5.73 Å². The molecule has 0 heterocycles. The summed E-state index contributed by atoms with van der Waals surface area (Å²) in [4.78, 5) is 2.37. The number of allylic oxidation sites excluding steroid dienone is 5. The normalized spacial score (nSPS) is 21.0. The fourth-order valence-electron chi connectivity index (χ4n) is 2.36. The molecule has 0 saturated carbocycles. The molecule has 0 aliphatic heterocycles. The van der Waals surface area contributed by atoms with Crippen molar-refractivity contribution in [2.45, 2.75) is 73.8 Å². The van der Waals surface area contributed by atoms with Crippen LogP contribution in [0.2, 0.25) is 0 Å². The van der Waals surface area contributed by atoms with Gasteiger partial charge in [-0.05, 0) is 64.4 Å². The third-order valence-corrected chi connectivity index (χ3v) is 4.07. The number of hydrogen-bond acceptors (Lipinski definition) is 2. The predicted octanol–water partition coefficient (Wildman–Crippen LogP) is 6.42. The number of nitrogens with two attached hydrogens (primary N) is 1. The summed E-state index contributed by atoms with van der Waals surface area (Å²) in [5.41, 5.74) is 7.50. The molecule has 2 atom stereocenters. The maximum absolute atomic E-state index is 12.8. The summed E-state index contributed by atoms with van der Waals surface area (Å²) in [6.45, 7) is 16.0. The van der Waals surface area contributed by atoms with Crippen LogP contribution in [0.1, 0.15) is 67.7 Å². The van der Waals surface area contributed by atoms with E-state index in [1.807, 2.05) is 19.9 Å². The second kappa shape index (κ2) is 17.2. The first-order valence-corrected chi connectivity index (χ1v) is 10.2. The third kappa shape index (κ3) is 12.2. The van der Waals surface area contributed by atoms with E-state index in [0.29, 0.717) is 12.6 Å². The molecule has 0 bridgehead atoms. The van der Waals surface area contributed by atoms with Crippen molar-refractivity contribution in [3.8, 4) is 0 Å². The van der Waals surface area contributed by atoms with Crippen LogP contribution >= 0.6 is 0 Å². The smallest absolute Gasteiger partial charge is 0.122 e. The van der Waals surface area contributed by atoms with Gasteiger partial charge in [0.15, 0.2) is 0 Å². The Balaban J connectivity index is 0. The lowest BCUT2D eigenvalue weighted by atomic mass is 9.97. The molecular formula is C23H43FN2. The van der Waals surface area contributed by atoms with E-state index in [4.69, 9.17) is 5.73 Å². The number of nitrogens with zero attached hydrogens (tertiary/aromatic N) is 1. The summed E-state index contributed by atoms with van der Waals surface area (Å²) >= 11 is 0. The monoisotopic (exact) mass is 366 g/mol. The fraction of sp³-hybridized carbons (Fsp3) is 0.652. The second-order valence-electron chi connectivity index (χ2n) is 6.53. The van der Waals surface area contributed by atoms with Gasteiger partial charge in [0, 0.05) is 6.04 Å². The summed E-state index contributed by atoms with van der Waals surface area (Å²) in [5, 5.41) is 0. The average Bonchev–Trinajstić information content (AvgIpc) is 2.66. The van der Waals surface area contributed by atoms with Crippen LogP contribution in [-0.4, -0.2) is 31.1 Å². The SMILES string of the molecule is CC.CC1=CCC(CN)C=C1F.CCC.CCN(C)C1C=C(C)C=CC1. The summed E-state index contributed by atoms with van der Waals surface area (Å²) in [6.07, 6.45) is 13.6. The number of halogens is 1. The molecule has 3 heteroatoms. The molecule has 2 nitrogen and oxygen atoms in total. The Kier molecular flexibility index (Phi) is 17.9. The Hall–Kier alpha value is -1.19. The molecule has 26 heavy (non-hydrogen) atoms. The highest BCUT2D eigenvalue weighted by Gasteiger charge is 2.11. The van der Waals surface area contributed by atoms with Crippen molar-refractivity contribution in [3.63, 3.8) is 0 Å². The van der Waals surface area contributed by atoms with Crippen LogP contribution in [-0.2, 0) is 0 Å². The number of likely N-dealkylation sites (N-methyl/N-ethyl adjacent to an activating group) is 1. The van der Waals surface area contributed by atoms with E-state index in [-0.39, 0.29) is 11.7 Å². The molecule has 2 aliphatic carbocycles. The van der Waals surface area contributed by atoms with Gasteiger partial charge in [-0.2, -0.15) is 0 Å². The van der Waals surface area contributed by atoms with E-state index >= 15 is 0 Å². The van der Waals surface area contributed by atoms with Crippen LogP contribution in [0.15, 0.2) is 47.4 Å². The molecule has 0 saturated heterocycles. The lowest BCUT2D eigenvalue weighted by Gasteiger charge is -2.25. The molecule has 0 spiro atoms. The lowest BCUT2D eigenvalue weighted by molar-refractivity contribution is 0.296. The van der Waals surface area contributed by atoms with Crippen LogP contribution in [0.4, 0.5) is 4.39 Å². The highest BCUT2D eigenvalue weighted by Crippen LogP contribution is 2.22. The fourth-order valence-corrected chi connectivity index (χ4v) is 2.36. The summed E-state index contributed by atoms with van der Waals surface area (Å²) in [7, 11) is 2.17. The minimum atomic E-state index is -0.110. The van der Waals surface area contributed by atoms with E-state index in [9.17, 15) is 4.39 Å². The molecule has 2 aliphatic rings. The van der Waals surface area contributed by atoms with Gasteiger partial charge in [0.2, 0.25) is 0 Å². The van der Waals surface area contributed by atoms with Gasteiger partial charge in [0.05, 0.1) is 0 Å². The van der Waals surface area contributed by atoms with Crippen molar-refractivity contribution < 1.29 is 4.39 Å². The van der Waals surface area contributed by atoms with Crippen molar-refractivity contribution in [3.05, 3.63) is 47.4 Å². The maximum atomic E-state index is 12.8. The molecule has 0 aromatic rings. The Morgan fingerprint density at radius 1 is 1.12 bits per heavy atom. The van der Waals surface area contributed by atoms with Gasteiger partial charge in [0.25, 0.3) is 0 Å². The largest absolute Gasteiger partial charge is 0.330 e. The third-order valence-electron chi connectivity index (χ3n) is 4.07. The van der Waals surface area contributed by atoms with Gasteiger partial charge in [-0.3, -0.25) is 4.90 Å².